The summed E-state index contributed by atoms with van der Waals surface area (Å²) in [4.78, 5) is 50.1. The predicted octanol–water partition coefficient (Wildman–Crippen LogP) is 3.89. The maximum absolute atomic E-state index is 13.9. The molecule has 2 N–H and O–H groups in total. The Labute approximate surface area is 241 Å². The Bertz CT molecular complexity index is 1760. The Kier molecular flexibility index (Phi) is 8.71. The molecule has 3 aromatic carbocycles. The number of rotatable bonds is 11. The molecule has 1 heterocycles. The van der Waals surface area contributed by atoms with Crippen LogP contribution in [0.15, 0.2) is 88.2 Å². The molecule has 0 saturated heterocycles. The number of benzene rings is 3. The first kappa shape index (κ1) is 29.9. The van der Waals surface area contributed by atoms with Crippen LogP contribution >= 0.6 is 0 Å². The Hall–Kier alpha value is -5.04. The van der Waals surface area contributed by atoms with Crippen molar-refractivity contribution >= 4 is 50.1 Å². The summed E-state index contributed by atoms with van der Waals surface area (Å²) in [6, 6.07) is 19.0. The largest absolute Gasteiger partial charge is 0.433 e. The molecule has 3 amide bonds. The topological polar surface area (TPSA) is 174 Å². The first-order valence-electron chi connectivity index (χ1n) is 13.0. The minimum atomic E-state index is -4.57. The van der Waals surface area contributed by atoms with Crippen molar-refractivity contribution in [3.05, 3.63) is 100 Å². The highest BCUT2D eigenvalue weighted by Gasteiger charge is 2.35. The van der Waals surface area contributed by atoms with Crippen molar-refractivity contribution in [2.45, 2.75) is 25.2 Å². The highest BCUT2D eigenvalue weighted by atomic mass is 32.2. The van der Waals surface area contributed by atoms with E-state index in [4.69, 9.17) is 10.2 Å². The van der Waals surface area contributed by atoms with Gasteiger partial charge in [0.05, 0.1) is 16.6 Å². The molecule has 0 radical (unpaired) electrons. The van der Waals surface area contributed by atoms with Crippen molar-refractivity contribution in [3.8, 4) is 0 Å². The van der Waals surface area contributed by atoms with Gasteiger partial charge in [-0.3, -0.25) is 24.5 Å². The van der Waals surface area contributed by atoms with Gasteiger partial charge in [-0.25, -0.2) is 8.42 Å². The number of nitrogens with zero attached hydrogens (tertiary/aromatic N) is 3. The highest BCUT2D eigenvalue weighted by Crippen LogP contribution is 2.30. The lowest BCUT2D eigenvalue weighted by molar-refractivity contribution is -0.402. The quantitative estimate of drug-likeness (QED) is 0.155. The van der Waals surface area contributed by atoms with Gasteiger partial charge in [-0.1, -0.05) is 42.5 Å². The smallest absolute Gasteiger partial charge is 0.395 e. The molecule has 0 spiro atoms. The van der Waals surface area contributed by atoms with E-state index in [0.717, 1.165) is 17.5 Å². The predicted molar refractivity (Wildman–Crippen MR) is 154 cm³/mol. The van der Waals surface area contributed by atoms with E-state index in [-0.39, 0.29) is 17.0 Å². The second-order valence-corrected chi connectivity index (χ2v) is 11.1. The van der Waals surface area contributed by atoms with Gasteiger partial charge in [0.25, 0.3) is 10.0 Å². The summed E-state index contributed by atoms with van der Waals surface area (Å²) in [5, 5.41) is 12.5. The van der Waals surface area contributed by atoms with Gasteiger partial charge in [0.15, 0.2) is 0 Å². The normalized spacial score (nSPS) is 12.0. The van der Waals surface area contributed by atoms with E-state index in [1.165, 1.54) is 41.3 Å². The first-order valence-corrected chi connectivity index (χ1v) is 14.4. The summed E-state index contributed by atoms with van der Waals surface area (Å²) in [5.74, 6) is -4.81. The second kappa shape index (κ2) is 12.2. The molecular formula is C29H28N4O8S. The molecule has 0 saturated carbocycles. The lowest BCUT2D eigenvalue weighted by atomic mass is 9.97. The fraction of sp³-hybridized carbons (Fsp3) is 0.207. The van der Waals surface area contributed by atoms with E-state index in [9.17, 15) is 32.9 Å². The zero-order chi connectivity index (χ0) is 30.6. The number of anilines is 1. The van der Waals surface area contributed by atoms with Crippen LogP contribution in [-0.2, 0) is 26.0 Å². The van der Waals surface area contributed by atoms with Crippen molar-refractivity contribution < 1.29 is 32.1 Å². The molecule has 4 aromatic rings. The molecular weight excluding hydrogens is 564 g/mol. The van der Waals surface area contributed by atoms with Crippen molar-refractivity contribution in [2.24, 2.45) is 11.7 Å². The van der Waals surface area contributed by atoms with E-state index in [2.05, 4.69) is 0 Å². The van der Waals surface area contributed by atoms with Gasteiger partial charge in [-0.05, 0) is 66.9 Å². The number of carbonyl (C=O) groups excluding carboxylic acids is 3. The van der Waals surface area contributed by atoms with Crippen LogP contribution in [0, 0.1) is 16.0 Å². The molecule has 0 aliphatic carbocycles. The number of fused-ring (bicyclic) bond motifs is 1. The minimum Gasteiger partial charge on any atom is -0.395 e. The number of hydrogen-bond donors (Lipinski definition) is 1. The number of carbonyl (C=O) groups is 3. The van der Waals surface area contributed by atoms with E-state index in [1.807, 2.05) is 0 Å². The Balaban J connectivity index is 1.75. The SMILES string of the molecule is CCN(CC)C(=O)C(Cc1ccc(N(C(=O)c2ccc([N+](=O)[O-])o2)S(=O)(=O)c2ccc3ccccc3c2)cc1)C(N)=O. The van der Waals surface area contributed by atoms with Crippen molar-refractivity contribution in [3.63, 3.8) is 0 Å². The average Bonchev–Trinajstić information content (AvgIpc) is 3.48. The molecule has 0 fully saturated rings. The molecule has 4 rings (SSSR count). The fourth-order valence-electron chi connectivity index (χ4n) is 4.51. The maximum atomic E-state index is 13.9. The number of furan rings is 1. The summed E-state index contributed by atoms with van der Waals surface area (Å²) < 4.78 is 33.4. The fourth-order valence-corrected chi connectivity index (χ4v) is 5.94. The Morgan fingerprint density at radius 1 is 0.929 bits per heavy atom. The average molecular weight is 593 g/mol. The van der Waals surface area contributed by atoms with Crippen LogP contribution in [-0.4, -0.2) is 49.1 Å². The lowest BCUT2D eigenvalue weighted by Crippen LogP contribution is -2.42. The van der Waals surface area contributed by atoms with Crippen LogP contribution in [0.2, 0.25) is 0 Å². The Morgan fingerprint density at radius 3 is 2.14 bits per heavy atom. The molecule has 0 aliphatic rings. The molecule has 1 unspecified atom stereocenters. The summed E-state index contributed by atoms with van der Waals surface area (Å²) in [5.41, 5.74) is 5.92. The number of sulfonamides is 1. The van der Waals surface area contributed by atoms with Crippen LogP contribution in [0.5, 0.6) is 0 Å². The maximum Gasteiger partial charge on any atom is 0.433 e. The van der Waals surface area contributed by atoms with Crippen molar-refractivity contribution in [1.29, 1.82) is 0 Å². The summed E-state index contributed by atoms with van der Waals surface area (Å²) >= 11 is 0. The third-order valence-electron chi connectivity index (χ3n) is 6.75. The third-order valence-corrected chi connectivity index (χ3v) is 8.46. The highest BCUT2D eigenvalue weighted by molar-refractivity contribution is 7.93. The molecule has 42 heavy (non-hydrogen) atoms. The van der Waals surface area contributed by atoms with Gasteiger partial charge in [0.1, 0.15) is 10.8 Å². The molecule has 1 atom stereocenters. The molecule has 0 aliphatic heterocycles. The molecule has 218 valence electrons. The number of primary amides is 1. The second-order valence-electron chi connectivity index (χ2n) is 9.31. The van der Waals surface area contributed by atoms with Gasteiger partial charge in [0.2, 0.25) is 17.6 Å². The molecule has 1 aromatic heterocycles. The van der Waals surface area contributed by atoms with Crippen molar-refractivity contribution in [1.82, 2.24) is 4.90 Å². The van der Waals surface area contributed by atoms with Crippen LogP contribution in [0.1, 0.15) is 30.0 Å². The summed E-state index contributed by atoms with van der Waals surface area (Å²) in [6.07, 6.45) is -0.0410. The number of hydrogen-bond acceptors (Lipinski definition) is 8. The molecule has 13 heteroatoms. The van der Waals surface area contributed by atoms with Crippen LogP contribution in [0.25, 0.3) is 10.8 Å². The van der Waals surface area contributed by atoms with E-state index in [1.54, 1.807) is 44.2 Å². The first-order chi connectivity index (χ1) is 20.0. The van der Waals surface area contributed by atoms with E-state index in [0.29, 0.717) is 28.3 Å². The van der Waals surface area contributed by atoms with Gasteiger partial charge in [0, 0.05) is 13.1 Å². The third kappa shape index (κ3) is 6.00. The zero-order valence-corrected chi connectivity index (χ0v) is 23.6. The number of amides is 3. The molecule has 0 bridgehead atoms. The van der Waals surface area contributed by atoms with Crippen LogP contribution < -0.4 is 10.0 Å². The van der Waals surface area contributed by atoms with Gasteiger partial charge < -0.3 is 15.1 Å². The van der Waals surface area contributed by atoms with Gasteiger partial charge >= 0.3 is 11.8 Å². The summed E-state index contributed by atoms with van der Waals surface area (Å²) in [6.45, 7) is 4.35. The molecule has 12 nitrogen and oxygen atoms in total. The monoisotopic (exact) mass is 592 g/mol. The zero-order valence-electron chi connectivity index (χ0n) is 22.8. The Morgan fingerprint density at radius 2 is 1.57 bits per heavy atom. The van der Waals surface area contributed by atoms with Crippen molar-refractivity contribution in [2.75, 3.05) is 17.4 Å². The van der Waals surface area contributed by atoms with Crippen LogP contribution in [0.3, 0.4) is 0 Å². The number of nitro groups is 1. The summed E-state index contributed by atoms with van der Waals surface area (Å²) in [7, 11) is -4.57. The minimum absolute atomic E-state index is 0.0410. The van der Waals surface area contributed by atoms with Crippen LogP contribution in [0.4, 0.5) is 11.6 Å². The standard InChI is InChI=1S/C29H28N4O8S/c1-3-31(4-2)28(35)24(27(30)34)17-19-9-12-22(13-10-19)32(29(36)25-15-16-26(41-25)33(37)38)42(39,40)23-14-11-20-7-5-6-8-21(20)18-23/h5-16,18,24H,3-4,17H2,1-2H3,(H2,30,34). The lowest BCUT2D eigenvalue weighted by Gasteiger charge is -2.24. The van der Waals surface area contributed by atoms with Gasteiger partial charge in [-0.15, -0.1) is 0 Å². The van der Waals surface area contributed by atoms with Gasteiger partial charge in [-0.2, -0.15) is 4.31 Å². The van der Waals surface area contributed by atoms with E-state index < -0.39 is 50.2 Å². The number of nitrogens with two attached hydrogens (primary N) is 1. The van der Waals surface area contributed by atoms with E-state index >= 15 is 0 Å².